The number of likely N-dealkylation sites (tertiary alicyclic amines) is 1. The quantitative estimate of drug-likeness (QED) is 0.938. The molecule has 1 aromatic heterocycles. The van der Waals surface area contributed by atoms with Gasteiger partial charge in [0.05, 0.1) is 11.3 Å². The van der Waals surface area contributed by atoms with Gasteiger partial charge in [-0.05, 0) is 23.9 Å². The highest BCUT2D eigenvalue weighted by molar-refractivity contribution is 5.95. The van der Waals surface area contributed by atoms with Crippen LogP contribution in [0.5, 0.6) is 0 Å². The molecule has 24 heavy (non-hydrogen) atoms. The highest BCUT2D eigenvalue weighted by Gasteiger charge is 2.36. The Kier molecular flexibility index (Phi) is 4.71. The lowest BCUT2D eigenvalue weighted by molar-refractivity contribution is 0.0785. The van der Waals surface area contributed by atoms with Gasteiger partial charge in [-0.2, -0.15) is 5.10 Å². The Bertz CT molecular complexity index is 707. The van der Waals surface area contributed by atoms with Gasteiger partial charge >= 0.3 is 0 Å². The summed E-state index contributed by atoms with van der Waals surface area (Å²) in [5.74, 6) is 0.904. The SMILES string of the molecule is CC(C)c1nn(C)cc1C(=O)N1C[C@@H](CN)[C@H](c2ccccc2)C1. The molecule has 2 atom stereocenters. The highest BCUT2D eigenvalue weighted by atomic mass is 16.2. The molecule has 0 bridgehead atoms. The van der Waals surface area contributed by atoms with Crippen LogP contribution in [0.2, 0.25) is 0 Å². The summed E-state index contributed by atoms with van der Waals surface area (Å²) in [7, 11) is 1.86. The molecule has 1 aliphatic rings. The molecule has 0 radical (unpaired) electrons. The molecule has 5 heteroatoms. The maximum Gasteiger partial charge on any atom is 0.257 e. The minimum Gasteiger partial charge on any atom is -0.338 e. The fourth-order valence-corrected chi connectivity index (χ4v) is 3.62. The van der Waals surface area contributed by atoms with E-state index in [0.717, 1.165) is 17.8 Å². The van der Waals surface area contributed by atoms with E-state index in [1.54, 1.807) is 4.68 Å². The number of benzene rings is 1. The van der Waals surface area contributed by atoms with Gasteiger partial charge in [-0.1, -0.05) is 44.2 Å². The molecule has 1 saturated heterocycles. The fraction of sp³-hybridized carbons (Fsp3) is 0.474. The maximum atomic E-state index is 13.1. The fourth-order valence-electron chi connectivity index (χ4n) is 3.62. The van der Waals surface area contributed by atoms with Crippen LogP contribution in [0.1, 0.15) is 47.3 Å². The number of carbonyl (C=O) groups is 1. The molecule has 0 saturated carbocycles. The van der Waals surface area contributed by atoms with Crippen molar-refractivity contribution in [2.75, 3.05) is 19.6 Å². The first-order valence-corrected chi connectivity index (χ1v) is 8.59. The van der Waals surface area contributed by atoms with Crippen molar-refractivity contribution < 1.29 is 4.79 Å². The molecule has 0 aliphatic carbocycles. The molecule has 1 amide bonds. The lowest BCUT2D eigenvalue weighted by Crippen LogP contribution is -2.30. The van der Waals surface area contributed by atoms with Crippen molar-refractivity contribution in [3.63, 3.8) is 0 Å². The van der Waals surface area contributed by atoms with Crippen LogP contribution in [0.4, 0.5) is 0 Å². The van der Waals surface area contributed by atoms with Crippen LogP contribution in [0.15, 0.2) is 36.5 Å². The van der Waals surface area contributed by atoms with E-state index >= 15 is 0 Å². The first-order chi connectivity index (χ1) is 11.5. The van der Waals surface area contributed by atoms with E-state index in [2.05, 4.69) is 31.1 Å². The molecule has 1 aliphatic heterocycles. The van der Waals surface area contributed by atoms with Gasteiger partial charge in [0.15, 0.2) is 0 Å². The average Bonchev–Trinajstić information content (AvgIpc) is 3.18. The van der Waals surface area contributed by atoms with Crippen LogP contribution in [-0.4, -0.2) is 40.2 Å². The van der Waals surface area contributed by atoms with Gasteiger partial charge in [-0.3, -0.25) is 9.48 Å². The molecule has 3 rings (SSSR count). The molecule has 0 spiro atoms. The molecule has 1 fully saturated rings. The number of hydrogen-bond donors (Lipinski definition) is 1. The second-order valence-electron chi connectivity index (χ2n) is 6.98. The van der Waals surface area contributed by atoms with Crippen molar-refractivity contribution in [1.82, 2.24) is 14.7 Å². The first kappa shape index (κ1) is 16.7. The standard InChI is InChI=1S/C19H26N4O/c1-13(2)18-17(11-22(3)21-18)19(24)23-10-15(9-20)16(12-23)14-7-5-4-6-8-14/h4-8,11,13,15-16H,9-10,12,20H2,1-3H3/t15-,16+/m1/s1. The van der Waals surface area contributed by atoms with E-state index in [4.69, 9.17) is 5.73 Å². The molecule has 5 nitrogen and oxygen atoms in total. The van der Waals surface area contributed by atoms with Crippen LogP contribution in [0, 0.1) is 5.92 Å². The molecule has 2 N–H and O–H groups in total. The third-order valence-electron chi connectivity index (χ3n) is 4.89. The number of aromatic nitrogens is 2. The highest BCUT2D eigenvalue weighted by Crippen LogP contribution is 2.33. The van der Waals surface area contributed by atoms with Gasteiger partial charge in [0.25, 0.3) is 5.91 Å². The van der Waals surface area contributed by atoms with Crippen molar-refractivity contribution in [1.29, 1.82) is 0 Å². The minimum absolute atomic E-state index is 0.0729. The van der Waals surface area contributed by atoms with Crippen LogP contribution >= 0.6 is 0 Å². The average molecular weight is 326 g/mol. The van der Waals surface area contributed by atoms with Gasteiger partial charge in [0.2, 0.25) is 0 Å². The lowest BCUT2D eigenvalue weighted by Gasteiger charge is -2.17. The predicted octanol–water partition coefficient (Wildman–Crippen LogP) is 2.36. The zero-order valence-electron chi connectivity index (χ0n) is 14.6. The Hall–Kier alpha value is -2.14. The van der Waals surface area contributed by atoms with E-state index in [1.807, 2.05) is 36.3 Å². The first-order valence-electron chi connectivity index (χ1n) is 8.59. The Balaban J connectivity index is 1.85. The van der Waals surface area contributed by atoms with Crippen LogP contribution in [0.3, 0.4) is 0 Å². The van der Waals surface area contributed by atoms with E-state index in [1.165, 1.54) is 5.56 Å². The minimum atomic E-state index is 0.0729. The predicted molar refractivity (Wildman–Crippen MR) is 94.9 cm³/mol. The normalized spacial score (nSPS) is 20.8. The van der Waals surface area contributed by atoms with Crippen molar-refractivity contribution in [2.24, 2.45) is 18.7 Å². The van der Waals surface area contributed by atoms with Crippen molar-refractivity contribution in [2.45, 2.75) is 25.7 Å². The Labute approximate surface area is 143 Å². The number of nitrogens with zero attached hydrogens (tertiary/aromatic N) is 3. The van der Waals surface area contributed by atoms with Crippen molar-refractivity contribution in [3.8, 4) is 0 Å². The van der Waals surface area contributed by atoms with E-state index in [-0.39, 0.29) is 11.8 Å². The van der Waals surface area contributed by atoms with Gasteiger partial charge in [-0.15, -0.1) is 0 Å². The van der Waals surface area contributed by atoms with Crippen LogP contribution in [-0.2, 0) is 7.05 Å². The molecular formula is C19H26N4O. The summed E-state index contributed by atoms with van der Waals surface area (Å²) < 4.78 is 1.73. The zero-order valence-corrected chi connectivity index (χ0v) is 14.6. The molecule has 128 valence electrons. The van der Waals surface area contributed by atoms with Gasteiger partial charge in [0, 0.05) is 32.3 Å². The molecule has 1 aromatic carbocycles. The third kappa shape index (κ3) is 3.08. The number of carbonyl (C=O) groups excluding carboxylic acids is 1. The number of amides is 1. The summed E-state index contributed by atoms with van der Waals surface area (Å²) >= 11 is 0. The summed E-state index contributed by atoms with van der Waals surface area (Å²) in [6.07, 6.45) is 1.84. The summed E-state index contributed by atoms with van der Waals surface area (Å²) in [4.78, 5) is 15.0. The smallest absolute Gasteiger partial charge is 0.257 e. The monoisotopic (exact) mass is 326 g/mol. The topological polar surface area (TPSA) is 64.2 Å². The summed E-state index contributed by atoms with van der Waals surface area (Å²) in [6.45, 7) is 6.16. The lowest BCUT2D eigenvalue weighted by atomic mass is 9.89. The van der Waals surface area contributed by atoms with E-state index in [9.17, 15) is 4.79 Å². The number of aryl methyl sites for hydroxylation is 1. The number of hydrogen-bond acceptors (Lipinski definition) is 3. The van der Waals surface area contributed by atoms with Gasteiger partial charge in [-0.25, -0.2) is 0 Å². The van der Waals surface area contributed by atoms with Crippen molar-refractivity contribution in [3.05, 3.63) is 53.3 Å². The van der Waals surface area contributed by atoms with E-state index < -0.39 is 0 Å². The van der Waals surface area contributed by atoms with Gasteiger partial charge in [0.1, 0.15) is 0 Å². The molecule has 0 unspecified atom stereocenters. The maximum absolute atomic E-state index is 13.1. The Morgan fingerprint density at radius 2 is 2.00 bits per heavy atom. The van der Waals surface area contributed by atoms with E-state index in [0.29, 0.717) is 24.9 Å². The van der Waals surface area contributed by atoms with Gasteiger partial charge < -0.3 is 10.6 Å². The van der Waals surface area contributed by atoms with Crippen LogP contribution in [0.25, 0.3) is 0 Å². The summed E-state index contributed by atoms with van der Waals surface area (Å²) in [6, 6.07) is 10.4. The second-order valence-corrected chi connectivity index (χ2v) is 6.98. The zero-order chi connectivity index (χ0) is 17.3. The largest absolute Gasteiger partial charge is 0.338 e. The Morgan fingerprint density at radius 3 is 2.62 bits per heavy atom. The Morgan fingerprint density at radius 1 is 1.29 bits per heavy atom. The number of rotatable bonds is 4. The summed E-state index contributed by atoms with van der Waals surface area (Å²) in [5, 5.41) is 4.46. The molecule has 2 heterocycles. The summed E-state index contributed by atoms with van der Waals surface area (Å²) in [5.41, 5.74) is 8.84. The molecular weight excluding hydrogens is 300 g/mol. The second kappa shape index (κ2) is 6.77. The van der Waals surface area contributed by atoms with Crippen molar-refractivity contribution >= 4 is 5.91 Å². The molecule has 2 aromatic rings. The third-order valence-corrected chi connectivity index (χ3v) is 4.89. The van der Waals surface area contributed by atoms with Crippen LogP contribution < -0.4 is 5.73 Å². The number of nitrogens with two attached hydrogens (primary N) is 1.